The Bertz CT molecular complexity index is 2440. The van der Waals surface area contributed by atoms with Gasteiger partial charge in [-0.15, -0.1) is 0 Å². The number of nitrogens with zero attached hydrogens (tertiary/aromatic N) is 1. The molecule has 0 amide bonds. The number of likely N-dealkylation sites (N-methyl/N-ethyl adjacent to an activating group) is 1. The van der Waals surface area contributed by atoms with Crippen LogP contribution in [0, 0.1) is 0 Å². The molecule has 0 saturated heterocycles. The van der Waals surface area contributed by atoms with Crippen LogP contribution in [0.15, 0.2) is 125 Å². The van der Waals surface area contributed by atoms with E-state index in [1.165, 1.54) is 27.8 Å². The van der Waals surface area contributed by atoms with Crippen molar-refractivity contribution in [3.63, 3.8) is 0 Å². The fraction of sp³-hybridized carbons (Fsp3) is 0.209. The van der Waals surface area contributed by atoms with Crippen LogP contribution in [0.25, 0.3) is 44.9 Å². The number of benzene rings is 3. The van der Waals surface area contributed by atoms with Gasteiger partial charge in [-0.1, -0.05) is 61.6 Å². The van der Waals surface area contributed by atoms with Gasteiger partial charge in [0.05, 0.1) is 11.5 Å². The molecule has 5 nitrogen and oxygen atoms in total. The summed E-state index contributed by atoms with van der Waals surface area (Å²) in [6.45, 7) is 3.16. The van der Waals surface area contributed by atoms with Gasteiger partial charge in [0.25, 0.3) is 0 Å². The molecule has 2 aliphatic heterocycles. The van der Waals surface area contributed by atoms with Gasteiger partial charge in [-0.3, -0.25) is 0 Å². The molecule has 0 fully saturated rings. The Morgan fingerprint density at radius 1 is 0.898 bits per heavy atom. The zero-order valence-corrected chi connectivity index (χ0v) is 28.6. The number of aromatic nitrogens is 1. The molecular weight excluding hydrogens is 625 g/mol. The van der Waals surface area contributed by atoms with Crippen molar-refractivity contribution in [3.05, 3.63) is 154 Å². The predicted molar refractivity (Wildman–Crippen MR) is 199 cm³/mol. The Balaban J connectivity index is 1.17. The maximum atomic E-state index is 13.4. The van der Waals surface area contributed by atoms with E-state index >= 15 is 0 Å². The lowest BCUT2D eigenvalue weighted by Gasteiger charge is -2.33. The Morgan fingerprint density at radius 2 is 1.65 bits per heavy atom. The van der Waals surface area contributed by atoms with Crippen molar-refractivity contribution in [2.45, 2.75) is 43.1 Å². The Hall–Kier alpha value is -5.07. The number of hydrogen-bond donors (Lipinski definition) is 1. The van der Waals surface area contributed by atoms with Gasteiger partial charge in [0, 0.05) is 42.4 Å². The van der Waals surface area contributed by atoms with Crippen LogP contribution in [0.4, 0.5) is 0 Å². The first-order valence-corrected chi connectivity index (χ1v) is 18.9. The zero-order valence-electron chi connectivity index (χ0n) is 27.8. The number of H-pyrrole nitrogens is 1. The minimum atomic E-state index is -3.33. The molecule has 3 aromatic carbocycles. The van der Waals surface area contributed by atoms with Crippen molar-refractivity contribution < 1.29 is 12.8 Å². The molecule has 49 heavy (non-hydrogen) atoms. The van der Waals surface area contributed by atoms with E-state index in [0.29, 0.717) is 0 Å². The number of aromatic amines is 1. The Labute approximate surface area is 287 Å². The summed E-state index contributed by atoms with van der Waals surface area (Å²) in [7, 11) is -1.23. The third-order valence-corrected chi connectivity index (χ3v) is 12.2. The largest absolute Gasteiger partial charge is 0.456 e. The highest BCUT2D eigenvalue weighted by Gasteiger charge is 2.32. The highest BCUT2D eigenvalue weighted by Crippen LogP contribution is 2.45. The van der Waals surface area contributed by atoms with Crippen molar-refractivity contribution in [2.24, 2.45) is 0 Å². The minimum absolute atomic E-state index is 0.0313. The van der Waals surface area contributed by atoms with E-state index in [2.05, 4.69) is 121 Å². The molecule has 1 unspecified atom stereocenters. The molecule has 0 bridgehead atoms. The lowest BCUT2D eigenvalue weighted by Crippen LogP contribution is -2.25. The van der Waals surface area contributed by atoms with Crippen LogP contribution < -0.4 is 0 Å². The fourth-order valence-electron chi connectivity index (χ4n) is 8.14. The van der Waals surface area contributed by atoms with Crippen LogP contribution in [0.1, 0.15) is 53.3 Å². The van der Waals surface area contributed by atoms with Crippen LogP contribution in [0.3, 0.4) is 0 Å². The number of nitrogens with one attached hydrogen (secondary N) is 1. The molecule has 2 aromatic heterocycles. The van der Waals surface area contributed by atoms with Crippen molar-refractivity contribution in [1.82, 2.24) is 9.88 Å². The van der Waals surface area contributed by atoms with Gasteiger partial charge in [0.2, 0.25) is 0 Å². The smallest absolute Gasteiger partial charge is 0.158 e. The molecule has 6 heteroatoms. The summed E-state index contributed by atoms with van der Waals surface area (Å²) in [5.74, 6) is 1.02. The van der Waals surface area contributed by atoms with Crippen molar-refractivity contribution in [2.75, 3.05) is 13.6 Å². The molecule has 244 valence electrons. The van der Waals surface area contributed by atoms with Gasteiger partial charge >= 0.3 is 0 Å². The van der Waals surface area contributed by atoms with Crippen LogP contribution in [0.5, 0.6) is 0 Å². The molecular formula is C43H38N2O3S. The summed E-state index contributed by atoms with van der Waals surface area (Å²) in [6, 6.07) is 21.3. The third-order valence-electron chi connectivity index (χ3n) is 10.7. The highest BCUT2D eigenvalue weighted by atomic mass is 32.2. The Morgan fingerprint density at radius 3 is 2.43 bits per heavy atom. The molecule has 1 atom stereocenters. The maximum absolute atomic E-state index is 13.4. The second kappa shape index (κ2) is 11.2. The van der Waals surface area contributed by atoms with E-state index in [4.69, 9.17) is 4.42 Å². The zero-order chi connectivity index (χ0) is 33.3. The van der Waals surface area contributed by atoms with E-state index in [-0.39, 0.29) is 16.9 Å². The van der Waals surface area contributed by atoms with E-state index in [9.17, 15) is 8.42 Å². The monoisotopic (exact) mass is 662 g/mol. The Kier molecular flexibility index (Phi) is 6.89. The molecule has 0 spiro atoms. The van der Waals surface area contributed by atoms with E-state index in [0.717, 1.165) is 81.5 Å². The second-order valence-electron chi connectivity index (χ2n) is 14.3. The van der Waals surface area contributed by atoms with Crippen LogP contribution in [-0.4, -0.2) is 31.9 Å². The quantitative estimate of drug-likeness (QED) is 0.208. The van der Waals surface area contributed by atoms with Crippen molar-refractivity contribution in [3.8, 4) is 22.3 Å². The topological polar surface area (TPSA) is 66.3 Å². The third kappa shape index (κ3) is 5.35. The standard InChI is InChI=1S/C43H38N2O3S/c1-43(36-15-16-44-24-36)22-34(18-35(23-43)31-6-5-17-45(2)25-31)30-10-12-33-27-49(46,47)26-32-11-9-28(19-38(32)39(33)20-30)29-13-14-42-40(21-29)37-7-3-4-8-41(37)48-42/h4-6,8-21,23-24,44H,3,7,22,25-27H2,1-2H3. The summed E-state index contributed by atoms with van der Waals surface area (Å²) in [5, 5.41) is 1.16. The minimum Gasteiger partial charge on any atom is -0.456 e. The maximum Gasteiger partial charge on any atom is 0.158 e. The molecule has 1 N–H and O–H groups in total. The summed E-state index contributed by atoms with van der Waals surface area (Å²) in [6.07, 6.45) is 22.4. The van der Waals surface area contributed by atoms with Crippen LogP contribution in [-0.2, 0) is 33.2 Å². The number of sulfone groups is 1. The molecule has 0 saturated carbocycles. The molecule has 2 aliphatic carbocycles. The van der Waals surface area contributed by atoms with Gasteiger partial charge in [0.1, 0.15) is 11.3 Å². The summed E-state index contributed by atoms with van der Waals surface area (Å²) < 4.78 is 32.9. The van der Waals surface area contributed by atoms with Crippen molar-refractivity contribution in [1.29, 1.82) is 0 Å². The average molecular weight is 663 g/mol. The highest BCUT2D eigenvalue weighted by molar-refractivity contribution is 7.89. The number of furan rings is 1. The molecule has 0 radical (unpaired) electrons. The predicted octanol–water partition coefficient (Wildman–Crippen LogP) is 9.54. The molecule has 5 aromatic rings. The number of aryl methyl sites for hydroxylation is 1. The first kappa shape index (κ1) is 30.0. The summed E-state index contributed by atoms with van der Waals surface area (Å²) in [5.41, 5.74) is 14.0. The SMILES string of the molecule is CN1C=CC=C(C2=CC(C)(c3cc[nH]c3)CC(c3ccc4c(c3)-c3cc(-c5ccc6oc7c(c6c5)CCC=C7)ccc3CS(=O)(=O)C4)=C2)C1. The van der Waals surface area contributed by atoms with E-state index < -0.39 is 9.84 Å². The van der Waals surface area contributed by atoms with E-state index in [1.807, 2.05) is 18.3 Å². The second-order valence-corrected chi connectivity index (χ2v) is 16.3. The van der Waals surface area contributed by atoms with Gasteiger partial charge in [0.15, 0.2) is 9.84 Å². The first-order valence-electron chi connectivity index (χ1n) is 17.1. The number of hydrogen-bond acceptors (Lipinski definition) is 4. The van der Waals surface area contributed by atoms with Gasteiger partial charge < -0.3 is 14.3 Å². The summed E-state index contributed by atoms with van der Waals surface area (Å²) in [4.78, 5) is 5.48. The molecule has 4 heterocycles. The average Bonchev–Trinajstić information content (AvgIpc) is 3.75. The fourth-order valence-corrected chi connectivity index (χ4v) is 9.69. The number of fused-ring (bicyclic) bond motifs is 6. The van der Waals surface area contributed by atoms with Crippen molar-refractivity contribution >= 4 is 32.5 Å². The van der Waals surface area contributed by atoms with Gasteiger partial charge in [-0.05, 0) is 129 Å². The van der Waals surface area contributed by atoms with Crippen LogP contribution in [0.2, 0.25) is 0 Å². The first-order chi connectivity index (χ1) is 23.7. The number of rotatable bonds is 4. The van der Waals surface area contributed by atoms with Crippen LogP contribution >= 0.6 is 0 Å². The molecule has 9 rings (SSSR count). The van der Waals surface area contributed by atoms with E-state index in [1.54, 1.807) is 0 Å². The lowest BCUT2D eigenvalue weighted by atomic mass is 9.71. The lowest BCUT2D eigenvalue weighted by molar-refractivity contribution is 0.492. The summed E-state index contributed by atoms with van der Waals surface area (Å²) >= 11 is 0. The molecule has 4 aliphatic rings. The normalized spacial score (nSPS) is 20.9. The van der Waals surface area contributed by atoms with Gasteiger partial charge in [-0.25, -0.2) is 8.42 Å². The van der Waals surface area contributed by atoms with Gasteiger partial charge in [-0.2, -0.15) is 0 Å². The number of allylic oxidation sites excluding steroid dienone is 6.